The highest BCUT2D eigenvalue weighted by atomic mass is 16.7. The summed E-state index contributed by atoms with van der Waals surface area (Å²) in [6.45, 7) is 6.02. The third kappa shape index (κ3) is 10.1. The van der Waals surface area contributed by atoms with Crippen molar-refractivity contribution in [1.29, 1.82) is 0 Å². The number of nitrogens with two attached hydrogens (primary N) is 1. The van der Waals surface area contributed by atoms with Crippen molar-refractivity contribution >= 4 is 35.2 Å². The SMILES string of the molecule is CC(C)[C@H](N)C(=O)N1CCC[C@H]1C(=O)NCC(=O)N[C@H](C(=O)NCC(=O)Nc1ccc(O[C@@H]2O[C@@H](CO)[C@H](O)[C@@H](O)[C@H]2O)cc1)C(C)C. The molecule has 0 aliphatic carbocycles. The zero-order valence-electron chi connectivity index (χ0n) is 27.5. The number of hydrogen-bond acceptors (Lipinski definition) is 12. The van der Waals surface area contributed by atoms with Gasteiger partial charge in [0.25, 0.3) is 0 Å². The third-order valence-electron chi connectivity index (χ3n) is 8.19. The molecule has 8 atom stereocenters. The van der Waals surface area contributed by atoms with E-state index in [1.807, 2.05) is 13.8 Å². The van der Waals surface area contributed by atoms with Gasteiger partial charge in [0, 0.05) is 12.2 Å². The van der Waals surface area contributed by atoms with Gasteiger partial charge in [0.15, 0.2) is 0 Å². The summed E-state index contributed by atoms with van der Waals surface area (Å²) in [4.78, 5) is 65.0. The van der Waals surface area contributed by atoms with Crippen LogP contribution in [0.15, 0.2) is 24.3 Å². The Morgan fingerprint density at radius 3 is 2.19 bits per heavy atom. The van der Waals surface area contributed by atoms with Crippen LogP contribution < -0.4 is 31.7 Å². The van der Waals surface area contributed by atoms with E-state index in [1.165, 1.54) is 29.2 Å². The van der Waals surface area contributed by atoms with Gasteiger partial charge in [-0.2, -0.15) is 0 Å². The van der Waals surface area contributed by atoms with Crippen molar-refractivity contribution in [3.05, 3.63) is 24.3 Å². The van der Waals surface area contributed by atoms with Crippen molar-refractivity contribution in [2.24, 2.45) is 17.6 Å². The van der Waals surface area contributed by atoms with E-state index in [0.29, 0.717) is 25.1 Å². The Balaban J connectivity index is 1.45. The van der Waals surface area contributed by atoms with Crippen LogP contribution >= 0.6 is 0 Å². The maximum Gasteiger partial charge on any atom is 0.243 e. The average Bonchev–Trinajstić information content (AvgIpc) is 3.55. The summed E-state index contributed by atoms with van der Waals surface area (Å²) in [6, 6.07) is 3.37. The molecule has 1 aromatic rings. The number of nitrogens with one attached hydrogen (secondary N) is 4. The van der Waals surface area contributed by atoms with Crippen molar-refractivity contribution in [2.45, 2.75) is 89.4 Å². The fourth-order valence-electron chi connectivity index (χ4n) is 5.22. The average molecular weight is 681 g/mol. The molecule has 2 heterocycles. The van der Waals surface area contributed by atoms with E-state index in [9.17, 15) is 44.4 Å². The number of likely N-dealkylation sites (tertiary alicyclic amines) is 1. The number of nitrogens with zero attached hydrogens (tertiary/aromatic N) is 1. The normalized spacial score (nSPS) is 25.3. The zero-order chi connectivity index (χ0) is 35.7. The third-order valence-corrected chi connectivity index (χ3v) is 8.19. The standard InChI is InChI=1S/C31H48N6O11/c1-15(2)23(32)30(46)37-11-5-6-19(37)28(44)33-13-22(40)36-24(16(3)4)29(45)34-12-21(39)35-17-7-9-18(10-8-17)47-31-27(43)26(42)25(41)20(14-38)48-31/h7-10,15-16,19-20,23-27,31,38,41-43H,5-6,11-14,32H2,1-4H3,(H,33,44)(H,34,45)(H,35,39)(H,36,40)/t19-,20-,23-,24-,25-,26+,27+,31+/m0/s1. The smallest absolute Gasteiger partial charge is 0.243 e. The molecular formula is C31H48N6O11. The van der Waals surface area contributed by atoms with Crippen molar-refractivity contribution in [3.63, 3.8) is 0 Å². The molecule has 2 fully saturated rings. The van der Waals surface area contributed by atoms with Crippen LogP contribution in [0.1, 0.15) is 40.5 Å². The Bertz CT molecular complexity index is 1280. The minimum atomic E-state index is -1.60. The molecule has 0 unspecified atom stereocenters. The Kier molecular flexibility index (Phi) is 14.1. The van der Waals surface area contributed by atoms with Crippen LogP contribution in [-0.4, -0.2) is 130 Å². The minimum Gasteiger partial charge on any atom is -0.462 e. The predicted molar refractivity (Wildman–Crippen MR) is 170 cm³/mol. The Morgan fingerprint density at radius 2 is 1.58 bits per heavy atom. The summed E-state index contributed by atoms with van der Waals surface area (Å²) in [6.07, 6.45) is -6.13. The molecule has 2 aliphatic rings. The van der Waals surface area contributed by atoms with Gasteiger partial charge >= 0.3 is 0 Å². The molecule has 5 amide bonds. The van der Waals surface area contributed by atoms with Gasteiger partial charge in [0.2, 0.25) is 35.8 Å². The summed E-state index contributed by atoms with van der Waals surface area (Å²) in [7, 11) is 0. The summed E-state index contributed by atoms with van der Waals surface area (Å²) in [5.41, 5.74) is 6.33. The number of ether oxygens (including phenoxy) is 2. The number of anilines is 1. The lowest BCUT2D eigenvalue weighted by atomic mass is 9.99. The monoisotopic (exact) mass is 680 g/mol. The molecule has 17 nitrogen and oxygen atoms in total. The molecule has 0 radical (unpaired) electrons. The van der Waals surface area contributed by atoms with Crippen LogP contribution in [0.5, 0.6) is 5.75 Å². The lowest BCUT2D eigenvalue weighted by Gasteiger charge is -2.39. The minimum absolute atomic E-state index is 0.0970. The van der Waals surface area contributed by atoms with Crippen molar-refractivity contribution < 1.29 is 53.9 Å². The largest absolute Gasteiger partial charge is 0.462 e. The molecule has 1 aromatic carbocycles. The van der Waals surface area contributed by atoms with Gasteiger partial charge in [-0.15, -0.1) is 0 Å². The Hall–Kier alpha value is -3.87. The first-order chi connectivity index (χ1) is 22.6. The maximum absolute atomic E-state index is 12.9. The van der Waals surface area contributed by atoms with Crippen LogP contribution in [0.2, 0.25) is 0 Å². The highest BCUT2D eigenvalue weighted by Gasteiger charge is 2.44. The van der Waals surface area contributed by atoms with Gasteiger partial charge in [-0.05, 0) is 48.9 Å². The van der Waals surface area contributed by atoms with E-state index in [1.54, 1.807) is 13.8 Å². The quantitative estimate of drug-likeness (QED) is 0.0962. The summed E-state index contributed by atoms with van der Waals surface area (Å²) in [5.74, 6) is -2.86. The second kappa shape index (κ2) is 17.5. The highest BCUT2D eigenvalue weighted by Crippen LogP contribution is 2.25. The molecule has 17 heteroatoms. The van der Waals surface area contributed by atoms with Crippen LogP contribution in [0, 0.1) is 11.8 Å². The van der Waals surface area contributed by atoms with Crippen LogP contribution in [0.25, 0.3) is 0 Å². The van der Waals surface area contributed by atoms with Crippen LogP contribution in [0.3, 0.4) is 0 Å². The Labute approximate surface area is 278 Å². The zero-order valence-corrected chi connectivity index (χ0v) is 27.5. The van der Waals surface area contributed by atoms with Crippen LogP contribution in [0.4, 0.5) is 5.69 Å². The molecule has 48 heavy (non-hydrogen) atoms. The Morgan fingerprint density at radius 1 is 0.938 bits per heavy atom. The van der Waals surface area contributed by atoms with Gasteiger partial charge in [0.05, 0.1) is 25.7 Å². The summed E-state index contributed by atoms with van der Waals surface area (Å²) >= 11 is 0. The second-order valence-electron chi connectivity index (χ2n) is 12.6. The molecule has 0 bridgehead atoms. The molecular weight excluding hydrogens is 632 g/mol. The van der Waals surface area contributed by atoms with Crippen molar-refractivity contribution in [2.75, 3.05) is 31.6 Å². The first kappa shape index (κ1) is 38.6. The van der Waals surface area contributed by atoms with Crippen molar-refractivity contribution in [3.8, 4) is 5.75 Å². The number of amides is 5. The van der Waals surface area contributed by atoms with E-state index in [2.05, 4.69) is 21.3 Å². The lowest BCUT2D eigenvalue weighted by molar-refractivity contribution is -0.277. The number of carbonyl (C=O) groups is 5. The summed E-state index contributed by atoms with van der Waals surface area (Å²) < 4.78 is 10.8. The topological polar surface area (TPSA) is 262 Å². The molecule has 0 aromatic heterocycles. The number of rotatable bonds is 14. The van der Waals surface area contributed by atoms with Gasteiger partial charge < -0.3 is 61.8 Å². The molecule has 3 rings (SSSR count). The van der Waals surface area contributed by atoms with E-state index < -0.39 is 92.2 Å². The fraction of sp³-hybridized carbons (Fsp3) is 0.645. The number of hydrogen-bond donors (Lipinski definition) is 9. The van der Waals surface area contributed by atoms with Gasteiger partial charge in [0.1, 0.15) is 42.2 Å². The van der Waals surface area contributed by atoms with E-state index in [0.717, 1.165) is 0 Å². The van der Waals surface area contributed by atoms with E-state index in [4.69, 9.17) is 15.2 Å². The highest BCUT2D eigenvalue weighted by molar-refractivity contribution is 5.97. The van der Waals surface area contributed by atoms with Gasteiger partial charge in [-0.25, -0.2) is 0 Å². The van der Waals surface area contributed by atoms with E-state index in [-0.39, 0.29) is 23.5 Å². The maximum atomic E-state index is 12.9. The molecule has 0 saturated carbocycles. The first-order valence-electron chi connectivity index (χ1n) is 15.9. The molecule has 0 spiro atoms. The number of benzene rings is 1. The van der Waals surface area contributed by atoms with Gasteiger partial charge in [-0.1, -0.05) is 27.7 Å². The fourth-order valence-corrected chi connectivity index (χ4v) is 5.22. The molecule has 10 N–H and O–H groups in total. The number of aliphatic hydroxyl groups is 4. The van der Waals surface area contributed by atoms with Crippen molar-refractivity contribution in [1.82, 2.24) is 20.9 Å². The van der Waals surface area contributed by atoms with Gasteiger partial charge in [-0.3, -0.25) is 24.0 Å². The molecule has 2 aliphatic heterocycles. The molecule has 2 saturated heterocycles. The van der Waals surface area contributed by atoms with E-state index >= 15 is 0 Å². The second-order valence-corrected chi connectivity index (χ2v) is 12.6. The first-order valence-corrected chi connectivity index (χ1v) is 15.9. The lowest BCUT2D eigenvalue weighted by Crippen LogP contribution is -2.60. The number of carbonyl (C=O) groups excluding carboxylic acids is 5. The summed E-state index contributed by atoms with van der Waals surface area (Å²) in [5, 5.41) is 49.5. The number of aliphatic hydroxyl groups excluding tert-OH is 4. The predicted octanol–water partition coefficient (Wildman–Crippen LogP) is -2.85. The molecule has 268 valence electrons. The van der Waals surface area contributed by atoms with Crippen LogP contribution in [-0.2, 0) is 28.7 Å².